The molecule has 0 bridgehead atoms. The van der Waals surface area contributed by atoms with Crippen LogP contribution in [0.15, 0.2) is 36.7 Å². The molecule has 0 atom stereocenters. The summed E-state index contributed by atoms with van der Waals surface area (Å²) in [4.78, 5) is 10.2. The quantitative estimate of drug-likeness (QED) is 0.664. The molecular formula is C9H8N2O. The van der Waals surface area contributed by atoms with E-state index in [9.17, 15) is 4.79 Å². The van der Waals surface area contributed by atoms with Gasteiger partial charge in [0, 0.05) is 12.4 Å². The zero-order valence-corrected chi connectivity index (χ0v) is 6.40. The minimum absolute atomic E-state index is 0.683. The minimum atomic E-state index is 0.683. The minimum Gasteiger partial charge on any atom is -0.327 e. The third-order valence-electron chi connectivity index (χ3n) is 1.78. The van der Waals surface area contributed by atoms with Gasteiger partial charge in [0.1, 0.15) is 0 Å². The van der Waals surface area contributed by atoms with Crippen LogP contribution in [0.1, 0.15) is 0 Å². The van der Waals surface area contributed by atoms with E-state index in [0.717, 1.165) is 11.2 Å². The molecule has 3 nitrogen and oxygen atoms in total. The normalized spacial score (nSPS) is 10.0. The summed E-state index contributed by atoms with van der Waals surface area (Å²) in [7, 11) is 0. The van der Waals surface area contributed by atoms with Gasteiger partial charge in [-0.3, -0.25) is 4.79 Å². The summed E-state index contributed by atoms with van der Waals surface area (Å²) in [6.45, 7) is 0. The first-order valence-electron chi connectivity index (χ1n) is 3.68. The second kappa shape index (κ2) is 2.70. The lowest BCUT2D eigenvalue weighted by molar-refractivity contribution is -0.105. The molecule has 0 aromatic carbocycles. The Hall–Kier alpha value is -1.77. The maximum atomic E-state index is 10.2. The molecule has 0 spiro atoms. The molecule has 60 valence electrons. The molecule has 12 heavy (non-hydrogen) atoms. The van der Waals surface area contributed by atoms with Gasteiger partial charge in [-0.1, -0.05) is 0 Å². The van der Waals surface area contributed by atoms with Crippen LogP contribution >= 0.6 is 0 Å². The Bertz CT molecular complexity index is 406. The van der Waals surface area contributed by atoms with Crippen LogP contribution in [0.4, 0.5) is 5.69 Å². The molecule has 0 fully saturated rings. The third-order valence-corrected chi connectivity index (χ3v) is 1.78. The predicted octanol–water partition coefficient (Wildman–Crippen LogP) is 1.51. The van der Waals surface area contributed by atoms with E-state index in [-0.39, 0.29) is 0 Å². The highest BCUT2D eigenvalue weighted by Crippen LogP contribution is 2.15. The van der Waals surface area contributed by atoms with E-state index in [2.05, 4.69) is 5.32 Å². The number of pyridine rings is 1. The fourth-order valence-electron chi connectivity index (χ4n) is 1.26. The van der Waals surface area contributed by atoms with E-state index in [1.165, 1.54) is 0 Å². The topological polar surface area (TPSA) is 33.5 Å². The molecule has 0 aliphatic carbocycles. The van der Waals surface area contributed by atoms with Crippen LogP contribution in [0, 0.1) is 0 Å². The molecule has 0 radical (unpaired) electrons. The van der Waals surface area contributed by atoms with Crippen molar-refractivity contribution >= 4 is 17.6 Å². The summed E-state index contributed by atoms with van der Waals surface area (Å²) >= 11 is 0. The number of fused-ring (bicyclic) bond motifs is 1. The smallest absolute Gasteiger partial charge is 0.211 e. The average Bonchev–Trinajstić information content (AvgIpc) is 2.53. The van der Waals surface area contributed by atoms with E-state index < -0.39 is 0 Å². The molecule has 1 amide bonds. The lowest BCUT2D eigenvalue weighted by Crippen LogP contribution is -1.95. The monoisotopic (exact) mass is 160 g/mol. The molecule has 0 saturated heterocycles. The molecule has 2 aromatic rings. The van der Waals surface area contributed by atoms with E-state index in [1.807, 2.05) is 41.1 Å². The van der Waals surface area contributed by atoms with Gasteiger partial charge in [-0.15, -0.1) is 0 Å². The third kappa shape index (κ3) is 0.955. The van der Waals surface area contributed by atoms with E-state index >= 15 is 0 Å². The zero-order valence-electron chi connectivity index (χ0n) is 6.40. The highest BCUT2D eigenvalue weighted by molar-refractivity contribution is 5.82. The predicted molar refractivity (Wildman–Crippen MR) is 47.1 cm³/mol. The molecule has 2 aromatic heterocycles. The van der Waals surface area contributed by atoms with Crippen molar-refractivity contribution in [3.63, 3.8) is 0 Å². The summed E-state index contributed by atoms with van der Waals surface area (Å²) in [5.74, 6) is 0. The van der Waals surface area contributed by atoms with E-state index in [0.29, 0.717) is 6.41 Å². The SMILES string of the molecule is O=CNc1cccn2cccc12. The van der Waals surface area contributed by atoms with Crippen LogP contribution in [0.25, 0.3) is 5.52 Å². The Kier molecular flexibility index (Phi) is 1.55. The van der Waals surface area contributed by atoms with Gasteiger partial charge in [0.25, 0.3) is 0 Å². The maximum absolute atomic E-state index is 10.2. The fourth-order valence-corrected chi connectivity index (χ4v) is 1.26. The van der Waals surface area contributed by atoms with Crippen molar-refractivity contribution in [3.05, 3.63) is 36.7 Å². The van der Waals surface area contributed by atoms with Crippen molar-refractivity contribution in [2.75, 3.05) is 5.32 Å². The van der Waals surface area contributed by atoms with Crippen molar-refractivity contribution in [1.82, 2.24) is 4.40 Å². The van der Waals surface area contributed by atoms with Crippen molar-refractivity contribution in [2.45, 2.75) is 0 Å². The number of nitrogens with one attached hydrogen (secondary N) is 1. The van der Waals surface area contributed by atoms with E-state index in [4.69, 9.17) is 0 Å². The van der Waals surface area contributed by atoms with Gasteiger partial charge in [-0.05, 0) is 24.3 Å². The number of carbonyl (C=O) groups excluding carboxylic acids is 1. The van der Waals surface area contributed by atoms with Crippen LogP contribution in [0.3, 0.4) is 0 Å². The number of rotatable bonds is 2. The molecule has 3 heteroatoms. The van der Waals surface area contributed by atoms with Crippen LogP contribution in [0.2, 0.25) is 0 Å². The Balaban J connectivity index is 2.65. The number of amides is 1. The zero-order chi connectivity index (χ0) is 8.39. The lowest BCUT2D eigenvalue weighted by Gasteiger charge is -2.01. The number of anilines is 1. The number of aromatic nitrogens is 1. The van der Waals surface area contributed by atoms with Crippen molar-refractivity contribution in [1.29, 1.82) is 0 Å². The molecule has 2 heterocycles. The number of nitrogens with zero attached hydrogens (tertiary/aromatic N) is 1. The first kappa shape index (κ1) is 6.91. The fraction of sp³-hybridized carbons (Fsp3) is 0. The molecule has 0 aliphatic heterocycles. The highest BCUT2D eigenvalue weighted by Gasteiger charge is 1.96. The molecule has 0 aliphatic rings. The summed E-state index contributed by atoms with van der Waals surface area (Å²) in [5, 5.41) is 2.64. The second-order valence-electron chi connectivity index (χ2n) is 2.48. The Morgan fingerprint density at radius 2 is 2.00 bits per heavy atom. The number of hydrogen-bond donors (Lipinski definition) is 1. The van der Waals surface area contributed by atoms with Gasteiger partial charge in [-0.25, -0.2) is 0 Å². The Labute approximate surface area is 69.6 Å². The lowest BCUT2D eigenvalue weighted by atomic mass is 10.3. The van der Waals surface area contributed by atoms with Crippen LogP contribution in [-0.4, -0.2) is 10.8 Å². The largest absolute Gasteiger partial charge is 0.327 e. The molecule has 2 rings (SSSR count). The summed E-state index contributed by atoms with van der Waals surface area (Å²) in [6, 6.07) is 7.64. The summed E-state index contributed by atoms with van der Waals surface area (Å²) in [5.41, 5.74) is 1.84. The van der Waals surface area contributed by atoms with Crippen molar-refractivity contribution in [2.24, 2.45) is 0 Å². The molecule has 0 saturated carbocycles. The van der Waals surface area contributed by atoms with Crippen LogP contribution < -0.4 is 5.32 Å². The maximum Gasteiger partial charge on any atom is 0.211 e. The molecule has 0 unspecified atom stereocenters. The Morgan fingerprint density at radius 3 is 2.75 bits per heavy atom. The van der Waals surface area contributed by atoms with Gasteiger partial charge < -0.3 is 9.72 Å². The second-order valence-corrected chi connectivity index (χ2v) is 2.48. The number of hydrogen-bond acceptors (Lipinski definition) is 1. The van der Waals surface area contributed by atoms with Gasteiger partial charge in [0.05, 0.1) is 11.2 Å². The molecule has 1 N–H and O–H groups in total. The first-order chi connectivity index (χ1) is 5.92. The highest BCUT2D eigenvalue weighted by atomic mass is 16.1. The summed E-state index contributed by atoms with van der Waals surface area (Å²) in [6.07, 6.45) is 4.55. The van der Waals surface area contributed by atoms with E-state index in [1.54, 1.807) is 0 Å². The van der Waals surface area contributed by atoms with Crippen LogP contribution in [-0.2, 0) is 4.79 Å². The van der Waals surface area contributed by atoms with Crippen molar-refractivity contribution in [3.8, 4) is 0 Å². The average molecular weight is 160 g/mol. The van der Waals surface area contributed by atoms with Gasteiger partial charge >= 0.3 is 0 Å². The van der Waals surface area contributed by atoms with Gasteiger partial charge in [0.2, 0.25) is 6.41 Å². The Morgan fingerprint density at radius 1 is 1.25 bits per heavy atom. The van der Waals surface area contributed by atoms with Gasteiger partial charge in [-0.2, -0.15) is 0 Å². The molecular weight excluding hydrogens is 152 g/mol. The first-order valence-corrected chi connectivity index (χ1v) is 3.68. The standard InChI is InChI=1S/C9H8N2O/c12-7-10-8-3-1-5-11-6-2-4-9(8)11/h1-7H,(H,10,12). The number of carbonyl (C=O) groups is 1. The van der Waals surface area contributed by atoms with Crippen molar-refractivity contribution < 1.29 is 4.79 Å². The van der Waals surface area contributed by atoms with Gasteiger partial charge in [0.15, 0.2) is 0 Å². The van der Waals surface area contributed by atoms with Crippen LogP contribution in [0.5, 0.6) is 0 Å². The summed E-state index contributed by atoms with van der Waals surface area (Å²) < 4.78 is 1.95.